The molecule has 20 heavy (non-hydrogen) atoms. The highest BCUT2D eigenvalue weighted by atomic mass is 32.2. The van der Waals surface area contributed by atoms with Crippen LogP contribution in [-0.2, 0) is 9.47 Å². The van der Waals surface area contributed by atoms with E-state index in [1.54, 1.807) is 14.2 Å². The molecule has 4 nitrogen and oxygen atoms in total. The van der Waals surface area contributed by atoms with Crippen molar-refractivity contribution in [1.82, 2.24) is 9.80 Å². The molecule has 1 saturated heterocycles. The predicted molar refractivity (Wildman–Crippen MR) is 91.3 cm³/mol. The van der Waals surface area contributed by atoms with E-state index in [-0.39, 0.29) is 0 Å². The van der Waals surface area contributed by atoms with E-state index >= 15 is 0 Å². The fourth-order valence-corrected chi connectivity index (χ4v) is 3.86. The Morgan fingerprint density at radius 3 is 1.45 bits per heavy atom. The van der Waals surface area contributed by atoms with Gasteiger partial charge in [-0.2, -0.15) is 23.5 Å². The highest BCUT2D eigenvalue weighted by molar-refractivity contribution is 7.99. The molecule has 0 unspecified atom stereocenters. The van der Waals surface area contributed by atoms with Crippen LogP contribution in [0.1, 0.15) is 0 Å². The first-order valence-corrected chi connectivity index (χ1v) is 9.76. The van der Waals surface area contributed by atoms with E-state index in [9.17, 15) is 0 Å². The second kappa shape index (κ2) is 13.2. The maximum Gasteiger partial charge on any atom is 0.0552 e. The minimum atomic E-state index is 0.874. The molecule has 1 aliphatic heterocycles. The zero-order valence-electron chi connectivity index (χ0n) is 13.0. The molecule has 0 amide bonds. The van der Waals surface area contributed by atoms with Crippen LogP contribution in [0.15, 0.2) is 0 Å². The third kappa shape index (κ3) is 9.47. The highest BCUT2D eigenvalue weighted by Crippen LogP contribution is 2.07. The highest BCUT2D eigenvalue weighted by Gasteiger charge is 2.15. The summed E-state index contributed by atoms with van der Waals surface area (Å²) in [6, 6.07) is 0. The Bertz CT molecular complexity index is 193. The van der Waals surface area contributed by atoms with Crippen LogP contribution in [0.4, 0.5) is 0 Å². The van der Waals surface area contributed by atoms with Crippen LogP contribution < -0.4 is 0 Å². The van der Waals surface area contributed by atoms with Gasteiger partial charge in [-0.25, -0.2) is 0 Å². The Hall–Kier alpha value is 0.540. The van der Waals surface area contributed by atoms with Crippen molar-refractivity contribution < 1.29 is 9.47 Å². The van der Waals surface area contributed by atoms with Gasteiger partial charge in [-0.3, -0.25) is 9.80 Å². The van der Waals surface area contributed by atoms with Crippen LogP contribution >= 0.6 is 23.5 Å². The van der Waals surface area contributed by atoms with Crippen molar-refractivity contribution in [2.24, 2.45) is 0 Å². The Morgan fingerprint density at radius 1 is 0.700 bits per heavy atom. The standard InChI is InChI=1S/C14H30N2O2S2/c1-17-9-13-19-11-7-15-3-5-16(6-4-15)8-12-20-14-10-18-2/h3-14H2,1-2H3. The number of hydrogen-bond donors (Lipinski definition) is 0. The molecular formula is C14H30N2O2S2. The maximum absolute atomic E-state index is 5.06. The summed E-state index contributed by atoms with van der Waals surface area (Å²) in [7, 11) is 3.54. The van der Waals surface area contributed by atoms with Crippen LogP contribution in [0.2, 0.25) is 0 Å². The lowest BCUT2D eigenvalue weighted by Crippen LogP contribution is -2.47. The molecule has 0 aromatic carbocycles. The van der Waals surface area contributed by atoms with E-state index in [2.05, 4.69) is 9.80 Å². The van der Waals surface area contributed by atoms with E-state index in [4.69, 9.17) is 9.47 Å². The van der Waals surface area contributed by atoms with E-state index in [0.717, 1.165) is 24.7 Å². The first kappa shape index (κ1) is 18.6. The molecule has 0 saturated carbocycles. The van der Waals surface area contributed by atoms with Gasteiger partial charge in [0.15, 0.2) is 0 Å². The summed E-state index contributed by atoms with van der Waals surface area (Å²) < 4.78 is 10.1. The van der Waals surface area contributed by atoms with Crippen LogP contribution in [-0.4, -0.2) is 99.5 Å². The molecule has 0 N–H and O–H groups in total. The van der Waals surface area contributed by atoms with Crippen molar-refractivity contribution in [3.8, 4) is 0 Å². The average Bonchev–Trinajstić information content (AvgIpc) is 2.48. The van der Waals surface area contributed by atoms with Crippen LogP contribution in [0.3, 0.4) is 0 Å². The summed E-state index contributed by atoms with van der Waals surface area (Å²) in [6.45, 7) is 9.12. The lowest BCUT2D eigenvalue weighted by atomic mass is 10.3. The Kier molecular flexibility index (Phi) is 12.3. The number of hydrogen-bond acceptors (Lipinski definition) is 6. The number of thioether (sulfide) groups is 2. The van der Waals surface area contributed by atoms with Gasteiger partial charge in [-0.15, -0.1) is 0 Å². The normalized spacial score (nSPS) is 17.7. The fourth-order valence-electron chi connectivity index (χ4n) is 2.11. The fraction of sp³-hybridized carbons (Fsp3) is 1.00. The van der Waals surface area contributed by atoms with Crippen molar-refractivity contribution in [3.63, 3.8) is 0 Å². The number of nitrogens with zero attached hydrogens (tertiary/aromatic N) is 2. The smallest absolute Gasteiger partial charge is 0.0552 e. The summed E-state index contributed by atoms with van der Waals surface area (Å²) >= 11 is 4.00. The average molecular weight is 323 g/mol. The van der Waals surface area contributed by atoms with Gasteiger partial charge in [-0.1, -0.05) is 0 Å². The molecule has 1 rings (SSSR count). The zero-order chi connectivity index (χ0) is 14.5. The summed E-state index contributed by atoms with van der Waals surface area (Å²) in [5, 5.41) is 0. The number of methoxy groups -OCH3 is 2. The molecule has 1 fully saturated rings. The van der Waals surface area contributed by atoms with Gasteiger partial charge in [0.1, 0.15) is 0 Å². The predicted octanol–water partition coefficient (Wildman–Crippen LogP) is 1.36. The van der Waals surface area contributed by atoms with Crippen LogP contribution in [0.5, 0.6) is 0 Å². The summed E-state index contributed by atoms with van der Waals surface area (Å²) in [5.41, 5.74) is 0. The molecular weight excluding hydrogens is 292 g/mol. The zero-order valence-corrected chi connectivity index (χ0v) is 14.6. The molecule has 0 bridgehead atoms. The molecule has 1 heterocycles. The van der Waals surface area contributed by atoms with Gasteiger partial charge in [0.2, 0.25) is 0 Å². The lowest BCUT2D eigenvalue weighted by molar-refractivity contribution is 0.144. The second-order valence-electron chi connectivity index (χ2n) is 4.89. The third-order valence-corrected chi connectivity index (χ3v) is 5.29. The van der Waals surface area contributed by atoms with Gasteiger partial charge in [0.25, 0.3) is 0 Å². The van der Waals surface area contributed by atoms with E-state index in [1.165, 1.54) is 50.8 Å². The van der Waals surface area contributed by atoms with Crippen LogP contribution in [0, 0.1) is 0 Å². The van der Waals surface area contributed by atoms with Crippen molar-refractivity contribution in [3.05, 3.63) is 0 Å². The SMILES string of the molecule is COCCSCCN1CCN(CCSCCOC)CC1. The molecule has 0 spiro atoms. The van der Waals surface area contributed by atoms with Crippen molar-refractivity contribution in [1.29, 1.82) is 0 Å². The first-order chi connectivity index (χ1) is 9.86. The maximum atomic E-state index is 5.06. The van der Waals surface area contributed by atoms with Gasteiger partial charge < -0.3 is 9.47 Å². The Balaban J connectivity index is 1.91. The number of rotatable bonds is 12. The van der Waals surface area contributed by atoms with Gasteiger partial charge in [0.05, 0.1) is 13.2 Å². The van der Waals surface area contributed by atoms with Crippen LogP contribution in [0.25, 0.3) is 0 Å². The Morgan fingerprint density at radius 2 is 1.10 bits per heavy atom. The lowest BCUT2D eigenvalue weighted by Gasteiger charge is -2.34. The molecule has 0 aromatic rings. The van der Waals surface area contributed by atoms with E-state index < -0.39 is 0 Å². The minimum Gasteiger partial charge on any atom is -0.384 e. The van der Waals surface area contributed by atoms with Crippen molar-refractivity contribution in [2.75, 3.05) is 89.7 Å². The molecule has 0 aliphatic carbocycles. The summed E-state index contributed by atoms with van der Waals surface area (Å²) in [5.74, 6) is 4.71. The van der Waals surface area contributed by atoms with Crippen molar-refractivity contribution >= 4 is 23.5 Å². The second-order valence-corrected chi connectivity index (χ2v) is 7.34. The monoisotopic (exact) mass is 322 g/mol. The Labute approximate surface area is 132 Å². The van der Waals surface area contributed by atoms with Gasteiger partial charge in [0, 0.05) is 76.5 Å². The summed E-state index contributed by atoms with van der Waals surface area (Å²) in [6.07, 6.45) is 0. The van der Waals surface area contributed by atoms with E-state index in [0.29, 0.717) is 0 Å². The molecule has 0 atom stereocenters. The van der Waals surface area contributed by atoms with E-state index in [1.807, 2.05) is 23.5 Å². The van der Waals surface area contributed by atoms with Crippen molar-refractivity contribution in [2.45, 2.75) is 0 Å². The molecule has 0 aromatic heterocycles. The molecule has 1 aliphatic rings. The topological polar surface area (TPSA) is 24.9 Å². The molecule has 6 heteroatoms. The number of ether oxygens (including phenoxy) is 2. The van der Waals surface area contributed by atoms with Gasteiger partial charge in [-0.05, 0) is 0 Å². The number of piperazine rings is 1. The quantitative estimate of drug-likeness (QED) is 0.503. The summed E-state index contributed by atoms with van der Waals surface area (Å²) in [4.78, 5) is 5.18. The first-order valence-electron chi connectivity index (χ1n) is 7.45. The van der Waals surface area contributed by atoms with Gasteiger partial charge >= 0.3 is 0 Å². The largest absolute Gasteiger partial charge is 0.384 e. The molecule has 0 radical (unpaired) electrons. The molecule has 120 valence electrons. The third-order valence-electron chi connectivity index (χ3n) is 3.43. The minimum absolute atomic E-state index is 0.874.